The third-order valence-electron chi connectivity index (χ3n) is 5.73. The van der Waals surface area contributed by atoms with E-state index >= 15 is 0 Å². The standard InChI is InChI=1S/C22H26F2OS/c1-3-5-12-22(4-2)14-26-19-11-10-17(24)13-18(19)20(21(22)25)15-6-8-16(23)9-7-15/h6-11,13,20-21,25H,3-5,12,14H2,1-2H3/t20-,21-,22+/m0/s1. The maximum atomic E-state index is 14.0. The predicted molar refractivity (Wildman–Crippen MR) is 104 cm³/mol. The van der Waals surface area contributed by atoms with Crippen LogP contribution >= 0.6 is 11.8 Å². The molecule has 1 aliphatic rings. The molecule has 140 valence electrons. The molecule has 0 spiro atoms. The van der Waals surface area contributed by atoms with E-state index in [9.17, 15) is 13.9 Å². The summed E-state index contributed by atoms with van der Waals surface area (Å²) in [5.74, 6) is -0.158. The van der Waals surface area contributed by atoms with Gasteiger partial charge in [-0.15, -0.1) is 11.8 Å². The topological polar surface area (TPSA) is 20.2 Å². The Morgan fingerprint density at radius 1 is 1.08 bits per heavy atom. The molecule has 1 nitrogen and oxygen atoms in total. The van der Waals surface area contributed by atoms with Crippen LogP contribution in [0.3, 0.4) is 0 Å². The molecule has 0 aliphatic carbocycles. The number of hydrogen-bond donors (Lipinski definition) is 1. The highest BCUT2D eigenvalue weighted by Crippen LogP contribution is 2.50. The van der Waals surface area contributed by atoms with Crippen molar-refractivity contribution in [2.75, 3.05) is 5.75 Å². The van der Waals surface area contributed by atoms with Crippen molar-refractivity contribution >= 4 is 11.8 Å². The number of unbranched alkanes of at least 4 members (excludes halogenated alkanes) is 1. The molecule has 0 unspecified atom stereocenters. The molecule has 0 radical (unpaired) electrons. The quantitative estimate of drug-likeness (QED) is 0.675. The van der Waals surface area contributed by atoms with Gasteiger partial charge >= 0.3 is 0 Å². The molecule has 0 saturated carbocycles. The molecular weight excluding hydrogens is 350 g/mol. The summed E-state index contributed by atoms with van der Waals surface area (Å²) in [6, 6.07) is 11.1. The van der Waals surface area contributed by atoms with Crippen LogP contribution in [0, 0.1) is 17.0 Å². The van der Waals surface area contributed by atoms with Crippen LogP contribution in [0.1, 0.15) is 56.6 Å². The summed E-state index contributed by atoms with van der Waals surface area (Å²) in [5, 5.41) is 11.5. The lowest BCUT2D eigenvalue weighted by Gasteiger charge is -2.39. The van der Waals surface area contributed by atoms with Crippen molar-refractivity contribution in [3.63, 3.8) is 0 Å². The lowest BCUT2D eigenvalue weighted by Crippen LogP contribution is -2.40. The SMILES string of the molecule is CCCC[C@]1(CC)CSc2ccc(F)cc2[C@H](c2ccc(F)cc2)[C@@H]1O. The lowest BCUT2D eigenvalue weighted by molar-refractivity contribution is 0.0182. The van der Waals surface area contributed by atoms with Crippen molar-refractivity contribution < 1.29 is 13.9 Å². The number of aliphatic hydroxyl groups is 1. The summed E-state index contributed by atoms with van der Waals surface area (Å²) in [5.41, 5.74) is 1.40. The second-order valence-electron chi connectivity index (χ2n) is 7.26. The number of hydrogen-bond acceptors (Lipinski definition) is 2. The first kappa shape index (κ1) is 19.4. The first-order valence-corrected chi connectivity index (χ1v) is 10.3. The van der Waals surface area contributed by atoms with E-state index in [4.69, 9.17) is 0 Å². The van der Waals surface area contributed by atoms with E-state index in [0.717, 1.165) is 47.5 Å². The summed E-state index contributed by atoms with van der Waals surface area (Å²) in [6.45, 7) is 4.28. The Hall–Kier alpha value is -1.39. The van der Waals surface area contributed by atoms with Crippen molar-refractivity contribution in [3.8, 4) is 0 Å². The van der Waals surface area contributed by atoms with Gasteiger partial charge in [0.2, 0.25) is 0 Å². The van der Waals surface area contributed by atoms with Gasteiger partial charge in [0.25, 0.3) is 0 Å². The fraction of sp³-hybridized carbons (Fsp3) is 0.455. The average Bonchev–Trinajstić information content (AvgIpc) is 2.76. The van der Waals surface area contributed by atoms with E-state index in [1.54, 1.807) is 23.9 Å². The van der Waals surface area contributed by atoms with Crippen molar-refractivity contribution in [2.45, 2.75) is 56.4 Å². The molecule has 26 heavy (non-hydrogen) atoms. The summed E-state index contributed by atoms with van der Waals surface area (Å²) in [7, 11) is 0. The van der Waals surface area contributed by atoms with E-state index in [2.05, 4.69) is 13.8 Å². The number of thioether (sulfide) groups is 1. The number of aliphatic hydroxyl groups excluding tert-OH is 1. The minimum atomic E-state index is -0.639. The monoisotopic (exact) mass is 376 g/mol. The Balaban J connectivity index is 2.13. The summed E-state index contributed by atoms with van der Waals surface area (Å²) in [6.07, 6.45) is 3.27. The van der Waals surface area contributed by atoms with E-state index in [0.29, 0.717) is 0 Å². The van der Waals surface area contributed by atoms with Gasteiger partial charge in [-0.05, 0) is 54.3 Å². The number of rotatable bonds is 5. The molecule has 1 aliphatic heterocycles. The lowest BCUT2D eigenvalue weighted by atomic mass is 9.69. The largest absolute Gasteiger partial charge is 0.392 e. The van der Waals surface area contributed by atoms with Crippen molar-refractivity contribution in [1.82, 2.24) is 0 Å². The Kier molecular flexibility index (Phi) is 6.03. The van der Waals surface area contributed by atoms with E-state index < -0.39 is 6.10 Å². The highest BCUT2D eigenvalue weighted by Gasteiger charge is 2.44. The van der Waals surface area contributed by atoms with Gasteiger partial charge < -0.3 is 5.11 Å². The van der Waals surface area contributed by atoms with Crippen LogP contribution in [0.5, 0.6) is 0 Å². The Morgan fingerprint density at radius 2 is 1.77 bits per heavy atom. The van der Waals surface area contributed by atoms with Gasteiger partial charge in [-0.3, -0.25) is 0 Å². The van der Waals surface area contributed by atoms with Gasteiger partial charge in [-0.2, -0.15) is 0 Å². The molecular formula is C22H26F2OS. The molecule has 2 aromatic rings. The van der Waals surface area contributed by atoms with E-state index in [-0.39, 0.29) is 23.0 Å². The molecule has 4 heteroatoms. The van der Waals surface area contributed by atoms with Crippen molar-refractivity contribution in [1.29, 1.82) is 0 Å². The fourth-order valence-electron chi connectivity index (χ4n) is 3.99. The van der Waals surface area contributed by atoms with Crippen molar-refractivity contribution in [2.24, 2.45) is 5.41 Å². The van der Waals surface area contributed by atoms with Crippen LogP contribution in [0.2, 0.25) is 0 Å². The molecule has 0 fully saturated rings. The van der Waals surface area contributed by atoms with Gasteiger partial charge in [-0.1, -0.05) is 38.8 Å². The number of halogens is 2. The highest BCUT2D eigenvalue weighted by molar-refractivity contribution is 7.99. The molecule has 0 bridgehead atoms. The zero-order valence-electron chi connectivity index (χ0n) is 15.3. The first-order chi connectivity index (χ1) is 12.5. The van der Waals surface area contributed by atoms with E-state index in [1.165, 1.54) is 24.3 Å². The summed E-state index contributed by atoms with van der Waals surface area (Å²) >= 11 is 1.70. The second-order valence-corrected chi connectivity index (χ2v) is 8.28. The van der Waals surface area contributed by atoms with Crippen molar-refractivity contribution in [3.05, 3.63) is 65.2 Å². The second kappa shape index (κ2) is 8.10. The normalized spacial score (nSPS) is 25.6. The Morgan fingerprint density at radius 3 is 2.42 bits per heavy atom. The third-order valence-corrected chi connectivity index (χ3v) is 7.13. The summed E-state index contributed by atoms with van der Waals surface area (Å²) in [4.78, 5) is 1.01. The number of benzene rings is 2. The molecule has 3 rings (SSSR count). The van der Waals surface area contributed by atoms with E-state index in [1.807, 2.05) is 6.07 Å². The smallest absolute Gasteiger partial charge is 0.123 e. The maximum absolute atomic E-state index is 14.0. The van der Waals surface area contributed by atoms with Gasteiger partial charge in [0.15, 0.2) is 0 Å². The molecule has 0 aromatic heterocycles. The highest BCUT2D eigenvalue weighted by atomic mass is 32.2. The van der Waals surface area contributed by atoms with Crippen LogP contribution in [0.15, 0.2) is 47.4 Å². The molecule has 1 heterocycles. The molecule has 3 atom stereocenters. The third kappa shape index (κ3) is 3.67. The maximum Gasteiger partial charge on any atom is 0.123 e. The Labute approximate surface area is 158 Å². The molecule has 1 N–H and O–H groups in total. The zero-order valence-corrected chi connectivity index (χ0v) is 16.2. The minimum Gasteiger partial charge on any atom is -0.392 e. The molecule has 2 aromatic carbocycles. The van der Waals surface area contributed by atoms with Crippen LogP contribution in [0.25, 0.3) is 0 Å². The van der Waals surface area contributed by atoms with Gasteiger partial charge in [0, 0.05) is 22.0 Å². The predicted octanol–water partition coefficient (Wildman–Crippen LogP) is 6.15. The molecule has 0 saturated heterocycles. The fourth-order valence-corrected chi connectivity index (χ4v) is 5.47. The zero-order chi connectivity index (χ0) is 18.7. The van der Waals surface area contributed by atoms with Gasteiger partial charge in [-0.25, -0.2) is 8.78 Å². The van der Waals surface area contributed by atoms with Gasteiger partial charge in [0.1, 0.15) is 11.6 Å². The first-order valence-electron chi connectivity index (χ1n) is 9.36. The average molecular weight is 377 g/mol. The van der Waals surface area contributed by atoms with Crippen LogP contribution in [-0.4, -0.2) is 17.0 Å². The Bertz CT molecular complexity index is 746. The van der Waals surface area contributed by atoms with Crippen LogP contribution < -0.4 is 0 Å². The van der Waals surface area contributed by atoms with Crippen LogP contribution in [0.4, 0.5) is 8.78 Å². The number of fused-ring (bicyclic) bond motifs is 1. The van der Waals surface area contributed by atoms with Gasteiger partial charge in [0.05, 0.1) is 6.10 Å². The minimum absolute atomic E-state index is 0.241. The molecule has 0 amide bonds. The summed E-state index contributed by atoms with van der Waals surface area (Å²) < 4.78 is 27.5. The van der Waals surface area contributed by atoms with Crippen LogP contribution in [-0.2, 0) is 0 Å².